The molecule has 13 heteroatoms. The third kappa shape index (κ3) is 21.0. The number of hydrogen-bond donors (Lipinski definition) is 0. The molecule has 2 aliphatic rings. The average molecular weight is 1150 g/mol. The van der Waals surface area contributed by atoms with Crippen LogP contribution in [0.1, 0.15) is 22.3 Å². The molecule has 0 nitrogen and oxygen atoms in total. The minimum Gasteiger partial charge on any atom is -0.776 e. The van der Waals surface area contributed by atoms with Crippen molar-refractivity contribution in [2.45, 2.75) is 0 Å². The molecule has 8 aromatic carbocycles. The van der Waals surface area contributed by atoms with E-state index in [2.05, 4.69) is 48.5 Å². The maximum absolute atomic E-state index is 5.33. The molecule has 0 aromatic heterocycles. The van der Waals surface area contributed by atoms with Gasteiger partial charge in [0.15, 0.2) is 0 Å². The van der Waals surface area contributed by atoms with Gasteiger partial charge in [-0.25, -0.2) is 65.9 Å². The fourth-order valence-electron chi connectivity index (χ4n) is 4.87. The molecule has 0 radical (unpaired) electrons. The molecule has 0 aliphatic carbocycles. The summed E-state index contributed by atoms with van der Waals surface area (Å²) in [6.45, 7) is 0. The van der Waals surface area contributed by atoms with Crippen molar-refractivity contribution in [1.82, 2.24) is 0 Å². The Kier molecular flexibility index (Phi) is 34.1. The summed E-state index contributed by atoms with van der Waals surface area (Å²) in [5.74, 6) is 0. The Labute approximate surface area is 453 Å². The Balaban J connectivity index is 0.000000772. The molecule has 10 rings (SSSR count). The van der Waals surface area contributed by atoms with Gasteiger partial charge in [-0.2, -0.15) is 186 Å². The van der Waals surface area contributed by atoms with Gasteiger partial charge in [-0.3, -0.25) is 16.7 Å². The van der Waals surface area contributed by atoms with Crippen LogP contribution in [0.2, 0.25) is 0 Å². The van der Waals surface area contributed by atoms with Crippen LogP contribution >= 0.6 is 47.0 Å². The van der Waals surface area contributed by atoms with Crippen LogP contribution in [-0.4, -0.2) is 0 Å². The summed E-state index contributed by atoms with van der Waals surface area (Å²) in [5.41, 5.74) is 4.87. The van der Waals surface area contributed by atoms with Crippen molar-refractivity contribution in [2.24, 2.45) is 0 Å². The second kappa shape index (κ2) is 34.9. The summed E-state index contributed by atoms with van der Waals surface area (Å²) in [7, 11) is 0. The summed E-state index contributed by atoms with van der Waals surface area (Å²) in [6.07, 6.45) is 0. The van der Waals surface area contributed by atoms with E-state index in [1.807, 2.05) is 170 Å². The second-order valence-corrected chi connectivity index (χ2v) is 18.2. The summed E-state index contributed by atoms with van der Waals surface area (Å²) in [4.78, 5) is 4.87. The van der Waals surface area contributed by atoms with Crippen molar-refractivity contribution in [3.05, 3.63) is 258 Å². The van der Waals surface area contributed by atoms with Gasteiger partial charge in [0.1, 0.15) is 0 Å². The van der Waals surface area contributed by atoms with Crippen LogP contribution in [0.25, 0.3) is 19.6 Å². The summed E-state index contributed by atoms with van der Waals surface area (Å²) in [5, 5.41) is 0. The van der Waals surface area contributed by atoms with Gasteiger partial charge in [0.25, 0.3) is 0 Å². The van der Waals surface area contributed by atoms with Crippen LogP contribution in [0.3, 0.4) is 0 Å². The maximum Gasteiger partial charge on any atom is 0 e. The van der Waals surface area contributed by atoms with E-state index in [1.165, 1.54) is 41.9 Å². The minimum atomic E-state index is 0. The van der Waals surface area contributed by atoms with Crippen molar-refractivity contribution in [2.75, 3.05) is 0 Å². The molecular weight excluding hydrogens is 1120 g/mol. The zero-order chi connectivity index (χ0) is 39.2. The molecule has 0 unspecified atom stereocenters. The Morgan fingerprint density at radius 2 is 0.541 bits per heavy atom. The van der Waals surface area contributed by atoms with Crippen LogP contribution < -0.4 is 0 Å². The first kappa shape index (κ1) is 59.6. The van der Waals surface area contributed by atoms with Crippen molar-refractivity contribution in [3.63, 3.8) is 0 Å². The molecule has 0 atom stereocenters. The zero-order valence-electron chi connectivity index (χ0n) is 31.8. The molecular formula is C48H36Fe4NiS8-16. The third-order valence-electron chi connectivity index (χ3n) is 7.45. The van der Waals surface area contributed by atoms with Gasteiger partial charge < -0.3 is 85.2 Å². The molecule has 2 aliphatic heterocycles. The third-order valence-corrected chi connectivity index (χ3v) is 14.7. The monoisotopic (exact) mass is 1150 g/mol. The second-order valence-electron chi connectivity index (χ2n) is 11.4. The summed E-state index contributed by atoms with van der Waals surface area (Å²) in [6, 6.07) is 73.3. The first-order valence-corrected chi connectivity index (χ1v) is 22.3. The van der Waals surface area contributed by atoms with Gasteiger partial charge in [-0.1, -0.05) is 0 Å². The normalized spacial score (nSPS) is 12.3. The Hall–Kier alpha value is -1.39. The van der Waals surface area contributed by atoms with Crippen LogP contribution in [0, 0.1) is 0 Å². The van der Waals surface area contributed by atoms with Crippen molar-refractivity contribution in [3.8, 4) is 0 Å². The van der Waals surface area contributed by atoms with E-state index in [0.29, 0.717) is 0 Å². The largest absolute Gasteiger partial charge is 0.776 e. The van der Waals surface area contributed by atoms with Crippen molar-refractivity contribution < 1.29 is 84.8 Å². The molecule has 0 saturated carbocycles. The Morgan fingerprint density at radius 1 is 0.328 bits per heavy atom. The molecule has 0 amide bonds. The maximum atomic E-state index is 5.33. The van der Waals surface area contributed by atoms with E-state index in [0.717, 1.165) is 16.9 Å². The molecule has 0 N–H and O–H groups in total. The van der Waals surface area contributed by atoms with Gasteiger partial charge in [0.05, 0.1) is 0 Å². The SMILES string of the molecule is [Fe].[Fe].[Fe].[Fe].[Ni].[S-]C1=C([S-])SC([c-]2[cH-][cH-][cH-][cH-]2)=C([c-]2cccc2)S1.[S-]C1=C([S-])SC([c-]2cccc2)=C([c-]2cccc2)S1.c1cc[cH-]c1.c1cc[cH-]c1.c1cc[cH-]c1.c1cc[cH-]c1. The Bertz CT molecular complexity index is 1870. The van der Waals surface area contributed by atoms with E-state index < -0.39 is 0 Å². The van der Waals surface area contributed by atoms with Crippen LogP contribution in [-0.2, 0) is 135 Å². The fourth-order valence-corrected chi connectivity index (χ4v) is 10.3. The average Bonchev–Trinajstić information content (AvgIpc) is 4.07. The quantitative estimate of drug-likeness (QED) is 0.0959. The predicted octanol–water partition coefficient (Wildman–Crippen LogP) is 14.9. The minimum absolute atomic E-state index is 0. The molecule has 2 heterocycles. The molecule has 8 aromatic rings. The van der Waals surface area contributed by atoms with Crippen LogP contribution in [0.5, 0.6) is 0 Å². The summed E-state index contributed by atoms with van der Waals surface area (Å²) >= 11 is 27.7. The first-order chi connectivity index (χ1) is 27.5. The topological polar surface area (TPSA) is 0 Å². The zero-order valence-corrected chi connectivity index (χ0v) is 43.7. The fraction of sp³-hybridized carbons (Fsp3) is 0. The van der Waals surface area contributed by atoms with Gasteiger partial charge in [-0.05, 0) is 0 Å². The van der Waals surface area contributed by atoms with Crippen molar-refractivity contribution in [1.29, 1.82) is 0 Å². The van der Waals surface area contributed by atoms with Gasteiger partial charge >= 0.3 is 0 Å². The van der Waals surface area contributed by atoms with E-state index in [9.17, 15) is 0 Å². The van der Waals surface area contributed by atoms with Crippen molar-refractivity contribution >= 4 is 117 Å². The summed E-state index contributed by atoms with van der Waals surface area (Å²) < 4.78 is 3.23. The smallest absolute Gasteiger partial charge is 0 e. The molecule has 334 valence electrons. The number of thioether (sulfide) groups is 4. The van der Waals surface area contributed by atoms with Gasteiger partial charge in [0.2, 0.25) is 0 Å². The van der Waals surface area contributed by atoms with E-state index in [-0.39, 0.29) is 84.8 Å². The van der Waals surface area contributed by atoms with Crippen LogP contribution in [0.15, 0.2) is 235 Å². The first-order valence-electron chi connectivity index (χ1n) is 17.4. The Morgan fingerprint density at radius 3 is 0.754 bits per heavy atom. The molecule has 0 spiro atoms. The van der Waals surface area contributed by atoms with Crippen LogP contribution in [0.4, 0.5) is 0 Å². The van der Waals surface area contributed by atoms with E-state index in [4.69, 9.17) is 50.5 Å². The van der Waals surface area contributed by atoms with Gasteiger partial charge in [0, 0.05) is 84.8 Å². The number of hydrogen-bond acceptors (Lipinski definition) is 8. The number of rotatable bonds is 4. The molecule has 0 saturated heterocycles. The van der Waals surface area contributed by atoms with Gasteiger partial charge in [-0.15, -0.1) is 20.9 Å². The predicted molar refractivity (Wildman–Crippen MR) is 264 cm³/mol. The molecule has 0 bridgehead atoms. The molecule has 0 fully saturated rings. The standard InChI is InChI=1S/2C14H10S4.4C5H5.4Fe.Ni/c2*15-13-14(16)18-12(10-7-3-4-8-10)11(17-13)9-5-1-2-6-9;4*1-2-4-5-3-1;;;;;/h2*1-8,15-16H;4*1-5H;;;;;/q-6;-2;4*-1;;;;;/p-4. The van der Waals surface area contributed by atoms with E-state index >= 15 is 0 Å². The van der Waals surface area contributed by atoms with E-state index in [1.54, 1.807) is 47.0 Å². The molecule has 61 heavy (non-hydrogen) atoms.